The first-order valence-electron chi connectivity index (χ1n) is 8.66. The molecule has 4 aliphatic carbocycles. The summed E-state index contributed by atoms with van der Waals surface area (Å²) in [6, 6.07) is 0.379. The molecular formula is C17H28N2O. The Labute approximate surface area is 122 Å². The van der Waals surface area contributed by atoms with E-state index < -0.39 is 0 Å². The summed E-state index contributed by atoms with van der Waals surface area (Å²) in [5.74, 6) is 3.42. The quantitative estimate of drug-likeness (QED) is 0.830. The van der Waals surface area contributed by atoms with Gasteiger partial charge >= 0.3 is 0 Å². The number of carbonyl (C=O) groups is 1. The zero-order valence-electron chi connectivity index (χ0n) is 12.7. The summed E-state index contributed by atoms with van der Waals surface area (Å²) in [6.45, 7) is 4.16. The van der Waals surface area contributed by atoms with Crippen LogP contribution in [0.1, 0.15) is 51.9 Å². The van der Waals surface area contributed by atoms with Crippen molar-refractivity contribution in [3.63, 3.8) is 0 Å². The fourth-order valence-electron chi connectivity index (χ4n) is 6.07. The summed E-state index contributed by atoms with van der Waals surface area (Å²) in [4.78, 5) is 12.4. The molecule has 1 heterocycles. The van der Waals surface area contributed by atoms with Gasteiger partial charge in [-0.05, 0) is 81.6 Å². The van der Waals surface area contributed by atoms with Gasteiger partial charge < -0.3 is 10.6 Å². The van der Waals surface area contributed by atoms with Gasteiger partial charge in [0, 0.05) is 12.6 Å². The maximum absolute atomic E-state index is 12.4. The molecule has 2 N–H and O–H groups in total. The first-order chi connectivity index (χ1) is 9.64. The normalized spacial score (nSPS) is 47.5. The smallest absolute Gasteiger partial charge is 0.224 e. The van der Waals surface area contributed by atoms with Gasteiger partial charge in [-0.15, -0.1) is 0 Å². The number of hydrogen-bond donors (Lipinski definition) is 2. The van der Waals surface area contributed by atoms with E-state index in [9.17, 15) is 4.79 Å². The van der Waals surface area contributed by atoms with Crippen molar-refractivity contribution >= 4 is 5.91 Å². The maximum atomic E-state index is 12.4. The molecule has 0 aromatic rings. The highest BCUT2D eigenvalue weighted by Crippen LogP contribution is 2.61. The van der Waals surface area contributed by atoms with Gasteiger partial charge in [0.15, 0.2) is 0 Å². The summed E-state index contributed by atoms with van der Waals surface area (Å²) in [5.41, 5.74) is 0.441. The summed E-state index contributed by atoms with van der Waals surface area (Å²) in [6.07, 6.45) is 9.58. The number of rotatable bonds is 3. The van der Waals surface area contributed by atoms with Crippen LogP contribution < -0.4 is 10.6 Å². The second-order valence-corrected chi connectivity index (χ2v) is 8.20. The Bertz CT molecular complexity index is 365. The minimum Gasteiger partial charge on any atom is -0.353 e. The van der Waals surface area contributed by atoms with Gasteiger partial charge in [-0.2, -0.15) is 0 Å². The van der Waals surface area contributed by atoms with Gasteiger partial charge in [-0.1, -0.05) is 0 Å². The fourth-order valence-corrected chi connectivity index (χ4v) is 6.07. The molecule has 1 aliphatic heterocycles. The van der Waals surface area contributed by atoms with Gasteiger partial charge in [-0.25, -0.2) is 0 Å². The number of amides is 1. The molecule has 2 atom stereocenters. The van der Waals surface area contributed by atoms with Crippen molar-refractivity contribution in [2.24, 2.45) is 29.1 Å². The van der Waals surface area contributed by atoms with Crippen LogP contribution >= 0.6 is 0 Å². The molecule has 0 aromatic heterocycles. The molecule has 0 aromatic carbocycles. The van der Waals surface area contributed by atoms with Crippen LogP contribution in [0.25, 0.3) is 0 Å². The molecule has 1 amide bonds. The average molecular weight is 276 g/mol. The van der Waals surface area contributed by atoms with Crippen molar-refractivity contribution in [3.05, 3.63) is 0 Å². The zero-order chi connectivity index (χ0) is 13.7. The van der Waals surface area contributed by atoms with E-state index in [1.807, 2.05) is 0 Å². The van der Waals surface area contributed by atoms with Crippen molar-refractivity contribution in [2.45, 2.75) is 57.9 Å². The molecule has 2 unspecified atom stereocenters. The van der Waals surface area contributed by atoms with Crippen molar-refractivity contribution in [3.8, 4) is 0 Å². The highest BCUT2D eigenvalue weighted by atomic mass is 16.2. The SMILES string of the molecule is CC(NC(=O)C1CCNC1)C12CC3CC(CC(C3)C1)C2. The van der Waals surface area contributed by atoms with Gasteiger partial charge in [0.2, 0.25) is 5.91 Å². The van der Waals surface area contributed by atoms with Crippen molar-refractivity contribution in [1.82, 2.24) is 10.6 Å². The monoisotopic (exact) mass is 276 g/mol. The van der Waals surface area contributed by atoms with Gasteiger partial charge in [-0.3, -0.25) is 4.79 Å². The van der Waals surface area contributed by atoms with E-state index in [0.717, 1.165) is 37.3 Å². The fraction of sp³-hybridized carbons (Fsp3) is 0.941. The minimum atomic E-state index is 0.214. The lowest BCUT2D eigenvalue weighted by Gasteiger charge is -2.59. The van der Waals surface area contributed by atoms with Crippen molar-refractivity contribution in [2.75, 3.05) is 13.1 Å². The molecule has 0 radical (unpaired) electrons. The van der Waals surface area contributed by atoms with Crippen LogP contribution in [0.3, 0.4) is 0 Å². The second-order valence-electron chi connectivity index (χ2n) is 8.20. The van der Waals surface area contributed by atoms with Crippen molar-refractivity contribution in [1.29, 1.82) is 0 Å². The van der Waals surface area contributed by atoms with Crippen LogP contribution in [-0.2, 0) is 4.79 Å². The molecule has 5 fully saturated rings. The van der Waals surface area contributed by atoms with E-state index in [4.69, 9.17) is 0 Å². The molecule has 112 valence electrons. The lowest BCUT2D eigenvalue weighted by Crippen LogP contribution is -2.56. The summed E-state index contributed by atoms with van der Waals surface area (Å²) in [5, 5.41) is 6.70. The lowest BCUT2D eigenvalue weighted by molar-refractivity contribution is -0.129. The van der Waals surface area contributed by atoms with E-state index in [-0.39, 0.29) is 5.92 Å². The number of nitrogens with one attached hydrogen (secondary N) is 2. The standard InChI is InChI=1S/C17H28N2O/c1-11(19-16(20)15-2-3-18-10-15)17-7-12-4-13(8-17)6-14(5-12)9-17/h11-15,18H,2-10H2,1H3,(H,19,20). The first-order valence-corrected chi connectivity index (χ1v) is 8.66. The molecule has 5 aliphatic rings. The third kappa shape index (κ3) is 2.09. The van der Waals surface area contributed by atoms with Gasteiger partial charge in [0.1, 0.15) is 0 Å². The molecule has 20 heavy (non-hydrogen) atoms. The molecule has 1 saturated heterocycles. The molecule has 3 nitrogen and oxygen atoms in total. The topological polar surface area (TPSA) is 41.1 Å². The Kier molecular flexibility index (Phi) is 3.10. The Morgan fingerprint density at radius 2 is 1.75 bits per heavy atom. The second kappa shape index (κ2) is 4.72. The average Bonchev–Trinajstić information content (AvgIpc) is 2.90. The maximum Gasteiger partial charge on any atom is 0.224 e. The Balaban J connectivity index is 1.45. The van der Waals surface area contributed by atoms with E-state index in [2.05, 4.69) is 17.6 Å². The van der Waals surface area contributed by atoms with E-state index >= 15 is 0 Å². The third-order valence-electron chi connectivity index (χ3n) is 6.79. The highest BCUT2D eigenvalue weighted by Gasteiger charge is 2.53. The van der Waals surface area contributed by atoms with Crippen LogP contribution in [0.4, 0.5) is 0 Å². The van der Waals surface area contributed by atoms with Crippen LogP contribution in [0.2, 0.25) is 0 Å². The summed E-state index contributed by atoms with van der Waals surface area (Å²) < 4.78 is 0. The van der Waals surface area contributed by atoms with E-state index in [1.54, 1.807) is 0 Å². The Hall–Kier alpha value is -0.570. The highest BCUT2D eigenvalue weighted by molar-refractivity contribution is 5.79. The Morgan fingerprint density at radius 3 is 2.25 bits per heavy atom. The molecule has 4 saturated carbocycles. The molecule has 3 heteroatoms. The lowest BCUT2D eigenvalue weighted by atomic mass is 9.48. The molecular weight excluding hydrogens is 248 g/mol. The van der Waals surface area contributed by atoms with Gasteiger partial charge in [0.05, 0.1) is 5.92 Å². The first kappa shape index (κ1) is 13.1. The van der Waals surface area contributed by atoms with Crippen molar-refractivity contribution < 1.29 is 4.79 Å². The minimum absolute atomic E-state index is 0.214. The predicted octanol–water partition coefficient (Wildman–Crippen LogP) is 2.32. The van der Waals surface area contributed by atoms with Gasteiger partial charge in [0.25, 0.3) is 0 Å². The third-order valence-corrected chi connectivity index (χ3v) is 6.79. The summed E-state index contributed by atoms with van der Waals surface area (Å²) in [7, 11) is 0. The van der Waals surface area contributed by atoms with Crippen LogP contribution in [0.15, 0.2) is 0 Å². The summed E-state index contributed by atoms with van der Waals surface area (Å²) >= 11 is 0. The number of carbonyl (C=O) groups excluding carboxylic acids is 1. The van der Waals surface area contributed by atoms with Crippen LogP contribution in [0.5, 0.6) is 0 Å². The molecule has 4 bridgehead atoms. The Morgan fingerprint density at radius 1 is 1.15 bits per heavy atom. The number of hydrogen-bond acceptors (Lipinski definition) is 2. The van der Waals surface area contributed by atoms with Crippen LogP contribution in [0, 0.1) is 29.1 Å². The largest absolute Gasteiger partial charge is 0.353 e. The molecule has 5 rings (SSSR count). The van der Waals surface area contributed by atoms with E-state index in [0.29, 0.717) is 17.4 Å². The van der Waals surface area contributed by atoms with E-state index in [1.165, 1.54) is 38.5 Å². The molecule has 0 spiro atoms. The predicted molar refractivity (Wildman–Crippen MR) is 79.2 cm³/mol. The zero-order valence-corrected chi connectivity index (χ0v) is 12.7. The van der Waals surface area contributed by atoms with Crippen LogP contribution in [-0.4, -0.2) is 25.0 Å².